The lowest BCUT2D eigenvalue weighted by Crippen LogP contribution is -2.35. The minimum Gasteiger partial charge on any atom is -0.383 e. The summed E-state index contributed by atoms with van der Waals surface area (Å²) >= 11 is 1.70. The lowest BCUT2D eigenvalue weighted by atomic mass is 10.3. The monoisotopic (exact) mass is 408 g/mol. The zero-order chi connectivity index (χ0) is 16.5. The van der Waals surface area contributed by atoms with Crippen LogP contribution in [0.3, 0.4) is 0 Å². The first-order chi connectivity index (χ1) is 11.3. The van der Waals surface area contributed by atoms with Gasteiger partial charge in [-0.25, -0.2) is 4.98 Å². The van der Waals surface area contributed by atoms with Crippen molar-refractivity contribution in [3.05, 3.63) is 30.1 Å². The van der Waals surface area contributed by atoms with Gasteiger partial charge in [0.05, 0.1) is 23.4 Å². The van der Waals surface area contributed by atoms with Crippen LogP contribution in [0, 0.1) is 0 Å². The Kier molecular flexibility index (Phi) is 12.7. The summed E-state index contributed by atoms with van der Waals surface area (Å²) in [5, 5.41) is 6.13. The molecule has 2 N–H and O–H groups in total. The van der Waals surface area contributed by atoms with Crippen molar-refractivity contribution in [2.75, 3.05) is 39.6 Å². The average Bonchev–Trinajstić information content (AvgIpc) is 2.89. The van der Waals surface area contributed by atoms with Crippen LogP contribution < -0.4 is 10.6 Å². The molecule has 0 aliphatic heterocycles. The molecule has 0 bridgehead atoms. The summed E-state index contributed by atoms with van der Waals surface area (Å²) < 4.78 is 6.95. The second kappa shape index (κ2) is 13.2. The molecule has 1 aromatic carbocycles. The zero-order valence-electron chi connectivity index (χ0n) is 14.5. The zero-order valence-corrected chi connectivity index (χ0v) is 16.9. The van der Waals surface area contributed by atoms with E-state index < -0.39 is 0 Å². The van der Waals surface area contributed by atoms with Gasteiger partial charge in [0.2, 0.25) is 5.91 Å². The summed E-state index contributed by atoms with van der Waals surface area (Å²) in [5.74, 6) is 1.73. The highest BCUT2D eigenvalue weighted by molar-refractivity contribution is 7.97. The summed E-state index contributed by atoms with van der Waals surface area (Å²) in [7, 11) is 1.67. The van der Waals surface area contributed by atoms with E-state index in [2.05, 4.69) is 15.6 Å². The van der Waals surface area contributed by atoms with Crippen molar-refractivity contribution in [3.63, 3.8) is 0 Å². The fraction of sp³-hybridized carbons (Fsp3) is 0.500. The number of ether oxygens (including phenoxy) is 1. The van der Waals surface area contributed by atoms with Crippen molar-refractivity contribution in [2.24, 2.45) is 0 Å². The number of nitrogens with zero attached hydrogens (tertiary/aromatic N) is 2. The standard InChI is InChI=1S/C16H24N4O2S.2ClH/c1-22-10-9-17-7-8-18-16(21)11-20-14-6-4-3-5-13(14)19-15(20)12-23-2;;/h3-6,17H,7-12H2,1-2H3,(H,18,21);2*1H. The SMILES string of the molecule is COCCNCCNC(=O)Cn1c(CSC)nc2ccccc21.Cl.Cl. The summed E-state index contributed by atoms with van der Waals surface area (Å²) in [4.78, 5) is 16.8. The fourth-order valence-electron chi connectivity index (χ4n) is 2.33. The molecule has 2 aromatic rings. The van der Waals surface area contributed by atoms with Gasteiger partial charge in [0.25, 0.3) is 0 Å². The first kappa shape index (κ1) is 24.0. The molecule has 0 radical (unpaired) electrons. The molecule has 1 aromatic heterocycles. The molecule has 25 heavy (non-hydrogen) atoms. The van der Waals surface area contributed by atoms with Gasteiger partial charge < -0.3 is 19.9 Å². The molecular formula is C16H26Cl2N4O2S. The number of amides is 1. The molecule has 142 valence electrons. The highest BCUT2D eigenvalue weighted by atomic mass is 35.5. The number of hydrogen-bond donors (Lipinski definition) is 2. The highest BCUT2D eigenvalue weighted by Crippen LogP contribution is 2.18. The maximum Gasteiger partial charge on any atom is 0.240 e. The Hall–Kier alpha value is -0.990. The number of aromatic nitrogens is 2. The second-order valence-electron chi connectivity index (χ2n) is 5.13. The molecule has 9 heteroatoms. The highest BCUT2D eigenvalue weighted by Gasteiger charge is 2.12. The van der Waals surface area contributed by atoms with E-state index in [1.165, 1.54) is 0 Å². The topological polar surface area (TPSA) is 68.2 Å². The largest absolute Gasteiger partial charge is 0.383 e. The Bertz CT molecular complexity index is 640. The van der Waals surface area contributed by atoms with E-state index in [1.807, 2.05) is 35.1 Å². The maximum absolute atomic E-state index is 12.2. The smallest absolute Gasteiger partial charge is 0.240 e. The van der Waals surface area contributed by atoms with Gasteiger partial charge in [-0.05, 0) is 18.4 Å². The number of halogens is 2. The van der Waals surface area contributed by atoms with Crippen LogP contribution in [-0.4, -0.2) is 55.1 Å². The van der Waals surface area contributed by atoms with Crippen LogP contribution in [0.1, 0.15) is 5.82 Å². The Morgan fingerprint density at radius 2 is 2.00 bits per heavy atom. The third kappa shape index (κ3) is 7.42. The number of methoxy groups -OCH3 is 1. The number of imidazole rings is 1. The van der Waals surface area contributed by atoms with Crippen LogP contribution in [0.4, 0.5) is 0 Å². The van der Waals surface area contributed by atoms with Crippen molar-refractivity contribution in [1.82, 2.24) is 20.2 Å². The van der Waals surface area contributed by atoms with Crippen molar-refractivity contribution < 1.29 is 9.53 Å². The molecule has 1 amide bonds. The van der Waals surface area contributed by atoms with E-state index in [-0.39, 0.29) is 30.7 Å². The molecule has 1 heterocycles. The minimum absolute atomic E-state index is 0. The predicted molar refractivity (Wildman–Crippen MR) is 109 cm³/mol. The van der Waals surface area contributed by atoms with Gasteiger partial charge in [-0.15, -0.1) is 24.8 Å². The van der Waals surface area contributed by atoms with Crippen LogP contribution in [0.25, 0.3) is 11.0 Å². The maximum atomic E-state index is 12.2. The number of para-hydroxylation sites is 2. The van der Waals surface area contributed by atoms with Crippen molar-refractivity contribution in [3.8, 4) is 0 Å². The molecule has 0 fully saturated rings. The van der Waals surface area contributed by atoms with Crippen LogP contribution in [0.15, 0.2) is 24.3 Å². The van der Waals surface area contributed by atoms with Gasteiger partial charge in [-0.3, -0.25) is 4.79 Å². The number of hydrogen-bond acceptors (Lipinski definition) is 5. The van der Waals surface area contributed by atoms with E-state index in [0.717, 1.165) is 35.7 Å². The molecular weight excluding hydrogens is 383 g/mol. The number of thioether (sulfide) groups is 1. The fourth-order valence-corrected chi connectivity index (χ4v) is 2.81. The van der Waals surface area contributed by atoms with E-state index in [0.29, 0.717) is 19.7 Å². The lowest BCUT2D eigenvalue weighted by molar-refractivity contribution is -0.121. The van der Waals surface area contributed by atoms with Gasteiger partial charge in [-0.1, -0.05) is 12.1 Å². The van der Waals surface area contributed by atoms with Gasteiger partial charge in [0, 0.05) is 26.7 Å². The Balaban J connectivity index is 0.00000288. The number of carbonyl (C=O) groups is 1. The van der Waals surface area contributed by atoms with Crippen LogP contribution in [0.5, 0.6) is 0 Å². The van der Waals surface area contributed by atoms with E-state index in [9.17, 15) is 4.79 Å². The third-order valence-electron chi connectivity index (χ3n) is 3.42. The van der Waals surface area contributed by atoms with Crippen molar-refractivity contribution in [2.45, 2.75) is 12.3 Å². The van der Waals surface area contributed by atoms with E-state index >= 15 is 0 Å². The number of fused-ring (bicyclic) bond motifs is 1. The first-order valence-electron chi connectivity index (χ1n) is 7.65. The number of rotatable bonds is 10. The van der Waals surface area contributed by atoms with Crippen LogP contribution in [0.2, 0.25) is 0 Å². The van der Waals surface area contributed by atoms with Crippen LogP contribution >= 0.6 is 36.6 Å². The molecule has 0 unspecified atom stereocenters. The molecule has 0 atom stereocenters. The Labute approximate surface area is 165 Å². The van der Waals surface area contributed by atoms with Crippen LogP contribution in [-0.2, 0) is 21.8 Å². The normalized spacial score (nSPS) is 10.2. The Morgan fingerprint density at radius 1 is 1.24 bits per heavy atom. The van der Waals surface area contributed by atoms with Gasteiger partial charge in [-0.2, -0.15) is 11.8 Å². The number of benzene rings is 1. The molecule has 0 spiro atoms. The molecule has 6 nitrogen and oxygen atoms in total. The summed E-state index contributed by atoms with van der Waals surface area (Å²) in [5.41, 5.74) is 1.94. The molecule has 0 saturated heterocycles. The van der Waals surface area contributed by atoms with E-state index in [1.54, 1.807) is 18.9 Å². The second-order valence-corrected chi connectivity index (χ2v) is 5.99. The third-order valence-corrected chi connectivity index (χ3v) is 3.96. The average molecular weight is 409 g/mol. The van der Waals surface area contributed by atoms with Gasteiger partial charge in [0.15, 0.2) is 0 Å². The predicted octanol–water partition coefficient (Wildman–Crippen LogP) is 2.10. The molecule has 0 aliphatic rings. The number of nitrogens with one attached hydrogen (secondary N) is 2. The van der Waals surface area contributed by atoms with Crippen molar-refractivity contribution >= 4 is 53.5 Å². The summed E-state index contributed by atoms with van der Waals surface area (Å²) in [6, 6.07) is 7.92. The first-order valence-corrected chi connectivity index (χ1v) is 9.05. The minimum atomic E-state index is 0. The summed E-state index contributed by atoms with van der Waals surface area (Å²) in [6.07, 6.45) is 2.04. The molecule has 2 rings (SSSR count). The van der Waals surface area contributed by atoms with Gasteiger partial charge in [0.1, 0.15) is 12.4 Å². The van der Waals surface area contributed by atoms with E-state index in [4.69, 9.17) is 4.74 Å². The Morgan fingerprint density at radius 3 is 2.72 bits per heavy atom. The van der Waals surface area contributed by atoms with Gasteiger partial charge >= 0.3 is 0 Å². The summed E-state index contributed by atoms with van der Waals surface area (Å²) in [6.45, 7) is 3.10. The molecule has 0 aliphatic carbocycles. The van der Waals surface area contributed by atoms with Crippen molar-refractivity contribution in [1.29, 1.82) is 0 Å². The lowest BCUT2D eigenvalue weighted by Gasteiger charge is -2.10. The molecule has 0 saturated carbocycles. The quantitative estimate of drug-likeness (QED) is 0.589. The number of carbonyl (C=O) groups excluding carboxylic acids is 1.